The van der Waals surface area contributed by atoms with Gasteiger partial charge in [0.1, 0.15) is 11.9 Å². The summed E-state index contributed by atoms with van der Waals surface area (Å²) in [7, 11) is 1.83. The maximum Gasteiger partial charge on any atom is 0.146 e. The molecule has 1 atom stereocenters. The fraction of sp³-hybridized carbons (Fsp3) is 0.417. The molecule has 0 aliphatic carbocycles. The van der Waals surface area contributed by atoms with E-state index in [0.717, 1.165) is 0 Å². The van der Waals surface area contributed by atoms with Gasteiger partial charge in [0, 0.05) is 12.1 Å². The van der Waals surface area contributed by atoms with Gasteiger partial charge in [-0.25, -0.2) is 4.39 Å². The molecular weight excluding hydrogens is 207 g/mol. The number of halogens is 1. The van der Waals surface area contributed by atoms with Gasteiger partial charge in [0.2, 0.25) is 0 Å². The molecule has 0 radical (unpaired) electrons. The van der Waals surface area contributed by atoms with Crippen LogP contribution >= 0.6 is 0 Å². The predicted molar refractivity (Wildman–Crippen MR) is 59.3 cm³/mol. The molecule has 0 bridgehead atoms. The number of hydrogen-bond donors (Lipinski definition) is 1. The van der Waals surface area contributed by atoms with Crippen LogP contribution in [0.2, 0.25) is 0 Å². The van der Waals surface area contributed by atoms with Crippen LogP contribution in [0.15, 0.2) is 18.2 Å². The SMILES string of the molecule is CNCC(C)OCc1cccc(C#N)c1F. The topological polar surface area (TPSA) is 45.0 Å². The lowest BCUT2D eigenvalue weighted by molar-refractivity contribution is 0.0528. The van der Waals surface area contributed by atoms with Gasteiger partial charge < -0.3 is 10.1 Å². The Morgan fingerprint density at radius 2 is 2.31 bits per heavy atom. The van der Waals surface area contributed by atoms with Crippen LogP contribution in [0, 0.1) is 17.1 Å². The lowest BCUT2D eigenvalue weighted by Gasteiger charge is -2.12. The van der Waals surface area contributed by atoms with Crippen LogP contribution < -0.4 is 5.32 Å². The van der Waals surface area contributed by atoms with Crippen molar-refractivity contribution in [2.75, 3.05) is 13.6 Å². The van der Waals surface area contributed by atoms with Gasteiger partial charge in [-0.2, -0.15) is 5.26 Å². The van der Waals surface area contributed by atoms with Crippen molar-refractivity contribution in [1.82, 2.24) is 5.32 Å². The number of nitriles is 1. The molecule has 0 heterocycles. The van der Waals surface area contributed by atoms with Gasteiger partial charge in [-0.05, 0) is 20.0 Å². The Bertz CT molecular complexity index is 387. The minimum Gasteiger partial charge on any atom is -0.372 e. The molecule has 0 amide bonds. The summed E-state index contributed by atoms with van der Waals surface area (Å²) in [6, 6.07) is 6.54. The van der Waals surface area contributed by atoms with Crippen molar-refractivity contribution in [2.24, 2.45) is 0 Å². The number of likely N-dealkylation sites (N-methyl/N-ethyl adjacent to an activating group) is 1. The molecule has 0 aromatic heterocycles. The van der Waals surface area contributed by atoms with Gasteiger partial charge in [0.25, 0.3) is 0 Å². The minimum absolute atomic E-state index is 0.00939. The summed E-state index contributed by atoms with van der Waals surface area (Å²) in [5, 5.41) is 11.6. The second-order valence-electron chi connectivity index (χ2n) is 3.57. The van der Waals surface area contributed by atoms with E-state index in [1.54, 1.807) is 18.2 Å². The number of nitrogens with one attached hydrogen (secondary N) is 1. The molecule has 0 saturated heterocycles. The lowest BCUT2D eigenvalue weighted by atomic mass is 10.1. The highest BCUT2D eigenvalue weighted by molar-refractivity contribution is 5.34. The Balaban J connectivity index is 2.64. The molecule has 1 unspecified atom stereocenters. The van der Waals surface area contributed by atoms with Crippen LogP contribution in [0.1, 0.15) is 18.1 Å². The Hall–Kier alpha value is -1.44. The molecule has 1 aromatic rings. The van der Waals surface area contributed by atoms with Crippen molar-refractivity contribution in [3.8, 4) is 6.07 Å². The lowest BCUT2D eigenvalue weighted by Crippen LogP contribution is -2.23. The normalized spacial score (nSPS) is 12.1. The van der Waals surface area contributed by atoms with Gasteiger partial charge >= 0.3 is 0 Å². The maximum atomic E-state index is 13.6. The van der Waals surface area contributed by atoms with E-state index in [2.05, 4.69) is 5.32 Å². The van der Waals surface area contributed by atoms with Gasteiger partial charge in [-0.3, -0.25) is 0 Å². The highest BCUT2D eigenvalue weighted by Gasteiger charge is 2.09. The predicted octanol–water partition coefficient (Wildman–Crippen LogP) is 1.82. The molecule has 3 nitrogen and oxygen atoms in total. The third-order valence-electron chi connectivity index (χ3n) is 2.21. The van der Waals surface area contributed by atoms with Crippen molar-refractivity contribution in [3.63, 3.8) is 0 Å². The molecule has 0 spiro atoms. The van der Waals surface area contributed by atoms with E-state index in [-0.39, 0.29) is 18.3 Å². The second kappa shape index (κ2) is 6.21. The number of rotatable bonds is 5. The maximum absolute atomic E-state index is 13.6. The largest absolute Gasteiger partial charge is 0.372 e. The first-order valence-corrected chi connectivity index (χ1v) is 5.12. The van der Waals surface area contributed by atoms with E-state index in [9.17, 15) is 4.39 Å². The van der Waals surface area contributed by atoms with Crippen LogP contribution in [0.3, 0.4) is 0 Å². The van der Waals surface area contributed by atoms with E-state index in [4.69, 9.17) is 10.00 Å². The first-order chi connectivity index (χ1) is 7.69. The zero-order valence-corrected chi connectivity index (χ0v) is 9.46. The van der Waals surface area contributed by atoms with Gasteiger partial charge in [-0.15, -0.1) is 0 Å². The third kappa shape index (κ3) is 3.30. The van der Waals surface area contributed by atoms with Crippen LogP contribution in [-0.4, -0.2) is 19.7 Å². The van der Waals surface area contributed by atoms with Crippen molar-refractivity contribution < 1.29 is 9.13 Å². The fourth-order valence-electron chi connectivity index (χ4n) is 1.36. The standard InChI is InChI=1S/C12H15FN2O/c1-9(7-15-2)16-8-11-5-3-4-10(6-14)12(11)13/h3-5,9,15H,7-8H2,1-2H3. The van der Waals surface area contributed by atoms with Crippen LogP contribution in [0.4, 0.5) is 4.39 Å². The summed E-state index contributed by atoms with van der Waals surface area (Å²) in [6.45, 7) is 2.80. The van der Waals surface area contributed by atoms with E-state index in [1.165, 1.54) is 6.07 Å². The second-order valence-corrected chi connectivity index (χ2v) is 3.57. The summed E-state index contributed by atoms with van der Waals surface area (Å²) in [4.78, 5) is 0. The smallest absolute Gasteiger partial charge is 0.146 e. The van der Waals surface area contributed by atoms with Crippen molar-refractivity contribution in [1.29, 1.82) is 5.26 Å². The van der Waals surface area contributed by atoms with Crippen LogP contribution in [-0.2, 0) is 11.3 Å². The number of hydrogen-bond acceptors (Lipinski definition) is 3. The number of nitrogens with zero attached hydrogens (tertiary/aromatic N) is 1. The van der Waals surface area contributed by atoms with Gasteiger partial charge in [0.05, 0.1) is 18.3 Å². The highest BCUT2D eigenvalue weighted by atomic mass is 19.1. The number of benzene rings is 1. The zero-order chi connectivity index (χ0) is 12.0. The summed E-state index contributed by atoms with van der Waals surface area (Å²) < 4.78 is 19.0. The summed E-state index contributed by atoms with van der Waals surface area (Å²) in [5.74, 6) is -0.485. The average Bonchev–Trinajstić information content (AvgIpc) is 2.28. The van der Waals surface area contributed by atoms with Gasteiger partial charge in [-0.1, -0.05) is 12.1 Å². The summed E-state index contributed by atoms with van der Waals surface area (Å²) in [5.41, 5.74) is 0.476. The van der Waals surface area contributed by atoms with Crippen molar-refractivity contribution >= 4 is 0 Å². The van der Waals surface area contributed by atoms with Crippen LogP contribution in [0.25, 0.3) is 0 Å². The zero-order valence-electron chi connectivity index (χ0n) is 9.46. The first-order valence-electron chi connectivity index (χ1n) is 5.12. The molecule has 16 heavy (non-hydrogen) atoms. The van der Waals surface area contributed by atoms with Crippen molar-refractivity contribution in [2.45, 2.75) is 19.6 Å². The third-order valence-corrected chi connectivity index (χ3v) is 2.21. The molecule has 86 valence electrons. The Kier molecular flexibility index (Phi) is 4.90. The van der Waals surface area contributed by atoms with Crippen LogP contribution in [0.5, 0.6) is 0 Å². The molecule has 0 saturated carbocycles. The summed E-state index contributed by atoms with van der Waals surface area (Å²) in [6.07, 6.45) is 0.00939. The Morgan fingerprint density at radius 1 is 1.56 bits per heavy atom. The van der Waals surface area contributed by atoms with E-state index < -0.39 is 5.82 Å². The average molecular weight is 222 g/mol. The van der Waals surface area contributed by atoms with Gasteiger partial charge in [0.15, 0.2) is 0 Å². The molecule has 0 aliphatic rings. The number of ether oxygens (including phenoxy) is 1. The molecule has 1 rings (SSSR count). The molecule has 4 heteroatoms. The summed E-state index contributed by atoms with van der Waals surface area (Å²) >= 11 is 0. The van der Waals surface area contributed by atoms with Crippen molar-refractivity contribution in [3.05, 3.63) is 35.1 Å². The molecule has 1 aromatic carbocycles. The van der Waals surface area contributed by atoms with E-state index in [0.29, 0.717) is 12.1 Å². The first kappa shape index (κ1) is 12.6. The highest BCUT2D eigenvalue weighted by Crippen LogP contribution is 2.13. The monoisotopic (exact) mass is 222 g/mol. The van der Waals surface area contributed by atoms with E-state index >= 15 is 0 Å². The quantitative estimate of drug-likeness (QED) is 0.826. The molecule has 1 N–H and O–H groups in total. The molecule has 0 aliphatic heterocycles. The Morgan fingerprint density at radius 3 is 2.94 bits per heavy atom. The minimum atomic E-state index is -0.485. The molecule has 0 fully saturated rings. The van der Waals surface area contributed by atoms with E-state index in [1.807, 2.05) is 14.0 Å². The molecular formula is C12H15FN2O. The Labute approximate surface area is 94.8 Å². The fourth-order valence-corrected chi connectivity index (χ4v) is 1.36.